The summed E-state index contributed by atoms with van der Waals surface area (Å²) in [6, 6.07) is 16.5. The van der Waals surface area contributed by atoms with Gasteiger partial charge in [0.15, 0.2) is 0 Å². The molecule has 0 spiro atoms. The number of nitrogens with zero attached hydrogens (tertiary/aromatic N) is 2. The van der Waals surface area contributed by atoms with Gasteiger partial charge >= 0.3 is 0 Å². The number of hydrogen-bond donors (Lipinski definition) is 0. The van der Waals surface area contributed by atoms with Crippen LogP contribution in [0.4, 0.5) is 5.69 Å². The first-order chi connectivity index (χ1) is 9.70. The number of carbonyl (C=O) groups excluding carboxylic acids is 1. The van der Waals surface area contributed by atoms with E-state index in [1.165, 1.54) is 4.90 Å². The molecule has 4 nitrogen and oxygen atoms in total. The van der Waals surface area contributed by atoms with Gasteiger partial charge in [0.2, 0.25) is 6.10 Å². The van der Waals surface area contributed by atoms with Crippen molar-refractivity contribution in [3.05, 3.63) is 59.7 Å². The second-order valence-electron chi connectivity index (χ2n) is 4.60. The molecule has 1 aliphatic rings. The Morgan fingerprint density at radius 1 is 1.20 bits per heavy atom. The van der Waals surface area contributed by atoms with Crippen molar-refractivity contribution in [1.82, 2.24) is 0 Å². The molecule has 0 radical (unpaired) electrons. The molecule has 1 aliphatic heterocycles. The van der Waals surface area contributed by atoms with Crippen LogP contribution in [0.1, 0.15) is 17.2 Å². The topological polar surface area (TPSA) is 53.3 Å². The molecule has 1 unspecified atom stereocenters. The number of amides is 1. The third-order valence-corrected chi connectivity index (χ3v) is 3.35. The van der Waals surface area contributed by atoms with Gasteiger partial charge in [-0.15, -0.1) is 0 Å². The lowest BCUT2D eigenvalue weighted by molar-refractivity contribution is -0.126. The summed E-state index contributed by atoms with van der Waals surface area (Å²) in [5.74, 6) is 0.471. The van der Waals surface area contributed by atoms with E-state index in [1.54, 1.807) is 25.2 Å². The van der Waals surface area contributed by atoms with Gasteiger partial charge in [0.25, 0.3) is 5.91 Å². The molecule has 0 saturated heterocycles. The molecule has 4 heteroatoms. The number of ether oxygens (including phenoxy) is 1. The Bertz CT molecular complexity index is 704. The summed E-state index contributed by atoms with van der Waals surface area (Å²) in [5, 5.41) is 8.93. The Kier molecular flexibility index (Phi) is 2.88. The summed E-state index contributed by atoms with van der Waals surface area (Å²) in [7, 11) is 1.70. The minimum atomic E-state index is -0.637. The lowest BCUT2D eigenvalue weighted by Crippen LogP contribution is -2.38. The molecule has 0 N–H and O–H groups in total. The molecule has 0 aromatic heterocycles. The predicted molar refractivity (Wildman–Crippen MR) is 74.4 cm³/mol. The largest absolute Gasteiger partial charge is 0.474 e. The zero-order valence-electron chi connectivity index (χ0n) is 10.9. The van der Waals surface area contributed by atoms with Gasteiger partial charge in [-0.3, -0.25) is 4.79 Å². The number of anilines is 1. The summed E-state index contributed by atoms with van der Waals surface area (Å²) in [6.07, 6.45) is -0.637. The Morgan fingerprint density at radius 2 is 1.95 bits per heavy atom. The first-order valence-electron chi connectivity index (χ1n) is 6.24. The van der Waals surface area contributed by atoms with Gasteiger partial charge in [0.05, 0.1) is 17.3 Å². The van der Waals surface area contributed by atoms with Crippen LogP contribution in [0.2, 0.25) is 0 Å². The van der Waals surface area contributed by atoms with Gasteiger partial charge in [-0.05, 0) is 18.2 Å². The number of nitriles is 1. The summed E-state index contributed by atoms with van der Waals surface area (Å²) in [6.45, 7) is 0. The van der Waals surface area contributed by atoms with Crippen LogP contribution in [-0.2, 0) is 4.79 Å². The zero-order valence-corrected chi connectivity index (χ0v) is 10.9. The monoisotopic (exact) mass is 264 g/mol. The molecule has 1 amide bonds. The Hall–Kier alpha value is -2.80. The quantitative estimate of drug-likeness (QED) is 0.795. The Balaban J connectivity index is 2.04. The van der Waals surface area contributed by atoms with Crippen LogP contribution in [0.5, 0.6) is 5.75 Å². The minimum Gasteiger partial charge on any atom is -0.474 e. The maximum absolute atomic E-state index is 12.4. The van der Waals surface area contributed by atoms with Crippen molar-refractivity contribution in [2.75, 3.05) is 11.9 Å². The maximum atomic E-state index is 12.4. The molecule has 20 heavy (non-hydrogen) atoms. The van der Waals surface area contributed by atoms with E-state index < -0.39 is 6.10 Å². The second-order valence-corrected chi connectivity index (χ2v) is 4.60. The van der Waals surface area contributed by atoms with Crippen molar-refractivity contribution in [2.45, 2.75) is 6.10 Å². The molecule has 0 fully saturated rings. The fraction of sp³-hybridized carbons (Fsp3) is 0.125. The van der Waals surface area contributed by atoms with Crippen LogP contribution in [0.3, 0.4) is 0 Å². The van der Waals surface area contributed by atoms with E-state index in [-0.39, 0.29) is 5.91 Å². The first-order valence-corrected chi connectivity index (χ1v) is 6.24. The number of hydrogen-bond acceptors (Lipinski definition) is 3. The van der Waals surface area contributed by atoms with Crippen molar-refractivity contribution in [2.24, 2.45) is 0 Å². The van der Waals surface area contributed by atoms with Crippen LogP contribution < -0.4 is 9.64 Å². The van der Waals surface area contributed by atoms with Crippen molar-refractivity contribution in [1.29, 1.82) is 5.26 Å². The van der Waals surface area contributed by atoms with Gasteiger partial charge in [-0.1, -0.05) is 30.3 Å². The lowest BCUT2D eigenvalue weighted by atomic mass is 10.1. The highest BCUT2D eigenvalue weighted by Crippen LogP contribution is 2.38. The zero-order chi connectivity index (χ0) is 14.1. The average Bonchev–Trinajstić information content (AvgIpc) is 2.51. The molecule has 3 rings (SSSR count). The normalized spacial score (nSPS) is 17.1. The molecular weight excluding hydrogens is 252 g/mol. The van der Waals surface area contributed by atoms with Crippen LogP contribution in [0.15, 0.2) is 48.5 Å². The Labute approximate surface area is 116 Å². The third kappa shape index (κ3) is 1.90. The van der Waals surface area contributed by atoms with E-state index in [1.807, 2.05) is 30.3 Å². The molecule has 0 bridgehead atoms. The number of rotatable bonds is 1. The van der Waals surface area contributed by atoms with Gasteiger partial charge in [-0.25, -0.2) is 0 Å². The van der Waals surface area contributed by atoms with Crippen LogP contribution in [-0.4, -0.2) is 13.0 Å². The van der Waals surface area contributed by atoms with Gasteiger partial charge in [-0.2, -0.15) is 5.26 Å². The number of likely N-dealkylation sites (N-methyl/N-ethyl adjacent to an activating group) is 1. The molecule has 2 aromatic carbocycles. The van der Waals surface area contributed by atoms with E-state index in [0.29, 0.717) is 17.0 Å². The molecule has 98 valence electrons. The Morgan fingerprint density at radius 3 is 2.65 bits per heavy atom. The van der Waals surface area contributed by atoms with Crippen molar-refractivity contribution in [3.8, 4) is 11.8 Å². The SMILES string of the molecule is CN1C(=O)C(c2ccccc2)Oc2ccc(C#N)cc21. The fourth-order valence-electron chi connectivity index (χ4n) is 2.26. The van der Waals surface area contributed by atoms with Crippen LogP contribution in [0.25, 0.3) is 0 Å². The predicted octanol–water partition coefficient (Wildman–Crippen LogP) is 2.65. The molecule has 1 atom stereocenters. The highest BCUT2D eigenvalue weighted by atomic mass is 16.5. The van der Waals surface area contributed by atoms with E-state index in [2.05, 4.69) is 6.07 Å². The van der Waals surface area contributed by atoms with Crippen molar-refractivity contribution >= 4 is 11.6 Å². The molecule has 0 aliphatic carbocycles. The summed E-state index contributed by atoms with van der Waals surface area (Å²) in [4.78, 5) is 13.9. The summed E-state index contributed by atoms with van der Waals surface area (Å²) in [5.41, 5.74) is 1.95. The highest BCUT2D eigenvalue weighted by molar-refractivity contribution is 6.00. The van der Waals surface area contributed by atoms with Gasteiger partial charge in [0.1, 0.15) is 5.75 Å². The number of carbonyl (C=O) groups is 1. The molecular formula is C16H12N2O2. The lowest BCUT2D eigenvalue weighted by Gasteiger charge is -2.32. The van der Waals surface area contributed by atoms with Crippen LogP contribution >= 0.6 is 0 Å². The molecule has 2 aromatic rings. The number of fused-ring (bicyclic) bond motifs is 1. The van der Waals surface area contributed by atoms with E-state index >= 15 is 0 Å². The third-order valence-electron chi connectivity index (χ3n) is 3.35. The molecule has 0 saturated carbocycles. The minimum absolute atomic E-state index is 0.140. The number of benzene rings is 2. The van der Waals surface area contributed by atoms with Gasteiger partial charge < -0.3 is 9.64 Å². The standard InChI is InChI=1S/C16H12N2O2/c1-18-13-9-11(10-17)7-8-14(13)20-15(16(18)19)12-5-3-2-4-6-12/h2-9,15H,1H3. The van der Waals surface area contributed by atoms with Crippen molar-refractivity contribution < 1.29 is 9.53 Å². The summed E-state index contributed by atoms with van der Waals surface area (Å²) >= 11 is 0. The van der Waals surface area contributed by atoms with Crippen LogP contribution in [0, 0.1) is 11.3 Å². The highest BCUT2D eigenvalue weighted by Gasteiger charge is 2.33. The van der Waals surface area contributed by atoms with Crippen molar-refractivity contribution in [3.63, 3.8) is 0 Å². The first kappa shape index (κ1) is 12.2. The second kappa shape index (κ2) is 4.71. The molecule has 1 heterocycles. The van der Waals surface area contributed by atoms with E-state index in [4.69, 9.17) is 10.00 Å². The maximum Gasteiger partial charge on any atom is 0.272 e. The fourth-order valence-corrected chi connectivity index (χ4v) is 2.26. The van der Waals surface area contributed by atoms with E-state index in [9.17, 15) is 4.79 Å². The van der Waals surface area contributed by atoms with E-state index in [0.717, 1.165) is 5.56 Å². The summed E-state index contributed by atoms with van der Waals surface area (Å²) < 4.78 is 5.80. The average molecular weight is 264 g/mol. The van der Waals surface area contributed by atoms with Gasteiger partial charge in [0, 0.05) is 12.6 Å². The smallest absolute Gasteiger partial charge is 0.272 e.